The standard InChI is InChI=1S/C10H17N3OS/c1-7(8-2-4-14-5-3-8)13-10-12-6-9(11)15-10/h6-8H,2-5,11H2,1H3,(H,12,13). The molecule has 0 amide bonds. The molecule has 4 nitrogen and oxygen atoms in total. The number of nitrogens with one attached hydrogen (secondary N) is 1. The van der Waals surface area contributed by atoms with Crippen LogP contribution in [0.5, 0.6) is 0 Å². The molecule has 0 saturated carbocycles. The summed E-state index contributed by atoms with van der Waals surface area (Å²) in [4.78, 5) is 4.20. The Bertz CT molecular complexity index is 309. The Morgan fingerprint density at radius 1 is 1.60 bits per heavy atom. The van der Waals surface area contributed by atoms with E-state index in [9.17, 15) is 0 Å². The maximum atomic E-state index is 5.63. The number of rotatable bonds is 3. The fourth-order valence-electron chi connectivity index (χ4n) is 1.88. The molecule has 2 heterocycles. The summed E-state index contributed by atoms with van der Waals surface area (Å²) >= 11 is 1.50. The first-order chi connectivity index (χ1) is 7.25. The monoisotopic (exact) mass is 227 g/mol. The van der Waals surface area contributed by atoms with E-state index in [4.69, 9.17) is 10.5 Å². The molecule has 15 heavy (non-hydrogen) atoms. The Kier molecular flexibility index (Phi) is 3.43. The molecule has 1 saturated heterocycles. The van der Waals surface area contributed by atoms with Gasteiger partial charge >= 0.3 is 0 Å². The molecule has 1 unspecified atom stereocenters. The van der Waals surface area contributed by atoms with Crippen LogP contribution in [0.2, 0.25) is 0 Å². The van der Waals surface area contributed by atoms with Gasteiger partial charge in [-0.25, -0.2) is 4.98 Å². The van der Waals surface area contributed by atoms with Gasteiger partial charge in [-0.15, -0.1) is 0 Å². The van der Waals surface area contributed by atoms with Crippen molar-refractivity contribution in [2.24, 2.45) is 5.92 Å². The molecule has 0 radical (unpaired) electrons. The van der Waals surface area contributed by atoms with Crippen LogP contribution in [0.25, 0.3) is 0 Å². The quantitative estimate of drug-likeness (QED) is 0.828. The highest BCUT2D eigenvalue weighted by Crippen LogP contribution is 2.25. The summed E-state index contributed by atoms with van der Waals surface area (Å²) in [5, 5.41) is 5.09. The van der Waals surface area contributed by atoms with Gasteiger partial charge in [-0.1, -0.05) is 11.3 Å². The first kappa shape index (κ1) is 10.7. The Morgan fingerprint density at radius 3 is 2.93 bits per heavy atom. The van der Waals surface area contributed by atoms with Crippen LogP contribution in [0.15, 0.2) is 6.20 Å². The molecule has 5 heteroatoms. The van der Waals surface area contributed by atoms with Gasteiger partial charge in [0.05, 0.1) is 6.20 Å². The number of nitrogen functional groups attached to an aromatic ring is 1. The number of aromatic nitrogens is 1. The van der Waals surface area contributed by atoms with E-state index in [2.05, 4.69) is 17.2 Å². The van der Waals surface area contributed by atoms with Crippen molar-refractivity contribution in [1.29, 1.82) is 0 Å². The highest BCUT2D eigenvalue weighted by atomic mass is 32.1. The van der Waals surface area contributed by atoms with Gasteiger partial charge < -0.3 is 15.8 Å². The van der Waals surface area contributed by atoms with E-state index >= 15 is 0 Å². The maximum Gasteiger partial charge on any atom is 0.184 e. The normalized spacial score (nSPS) is 20.1. The number of nitrogens with two attached hydrogens (primary N) is 1. The van der Waals surface area contributed by atoms with E-state index in [0.29, 0.717) is 12.0 Å². The third kappa shape index (κ3) is 2.82. The third-order valence-electron chi connectivity index (χ3n) is 2.85. The van der Waals surface area contributed by atoms with E-state index < -0.39 is 0 Å². The zero-order valence-electron chi connectivity index (χ0n) is 8.90. The van der Waals surface area contributed by atoms with Crippen molar-refractivity contribution in [3.8, 4) is 0 Å². The molecule has 1 aliphatic heterocycles. The Labute approximate surface area is 93.8 Å². The Morgan fingerprint density at radius 2 is 2.33 bits per heavy atom. The maximum absolute atomic E-state index is 5.63. The molecule has 0 aromatic carbocycles. The molecule has 0 bridgehead atoms. The summed E-state index contributed by atoms with van der Waals surface area (Å²) in [5.41, 5.74) is 5.63. The molecule has 1 aliphatic rings. The van der Waals surface area contributed by atoms with Crippen LogP contribution in [0.1, 0.15) is 19.8 Å². The van der Waals surface area contributed by atoms with Gasteiger partial charge in [-0.3, -0.25) is 0 Å². The molecule has 1 aromatic heterocycles. The van der Waals surface area contributed by atoms with Gasteiger partial charge in [0.1, 0.15) is 5.00 Å². The summed E-state index contributed by atoms with van der Waals surface area (Å²) in [7, 11) is 0. The van der Waals surface area contributed by atoms with Gasteiger partial charge in [-0.05, 0) is 25.7 Å². The predicted octanol–water partition coefficient (Wildman–Crippen LogP) is 1.95. The molecule has 2 rings (SSSR count). The highest BCUT2D eigenvalue weighted by molar-refractivity contribution is 7.19. The van der Waals surface area contributed by atoms with Crippen LogP contribution in [0.4, 0.5) is 10.1 Å². The molecule has 1 fully saturated rings. The largest absolute Gasteiger partial charge is 0.389 e. The number of thiazole rings is 1. The van der Waals surface area contributed by atoms with Crippen molar-refractivity contribution >= 4 is 21.5 Å². The molecule has 1 atom stereocenters. The second-order valence-electron chi connectivity index (χ2n) is 3.95. The molecular weight excluding hydrogens is 210 g/mol. The second-order valence-corrected chi connectivity index (χ2v) is 5.01. The number of hydrogen-bond acceptors (Lipinski definition) is 5. The first-order valence-corrected chi connectivity index (χ1v) is 6.13. The van der Waals surface area contributed by atoms with Crippen LogP contribution in [0.3, 0.4) is 0 Å². The Hall–Kier alpha value is -0.810. The van der Waals surface area contributed by atoms with Crippen LogP contribution >= 0.6 is 11.3 Å². The highest BCUT2D eigenvalue weighted by Gasteiger charge is 2.20. The summed E-state index contributed by atoms with van der Waals surface area (Å²) in [6, 6.07) is 0.444. The minimum atomic E-state index is 0.444. The van der Waals surface area contributed by atoms with Crippen LogP contribution in [-0.4, -0.2) is 24.2 Å². The summed E-state index contributed by atoms with van der Waals surface area (Å²) in [6.45, 7) is 3.97. The SMILES string of the molecule is CC(Nc1ncc(N)s1)C1CCOCC1. The zero-order chi connectivity index (χ0) is 10.7. The number of ether oxygens (including phenoxy) is 1. The molecule has 3 N–H and O–H groups in total. The third-order valence-corrected chi connectivity index (χ3v) is 3.61. The van der Waals surface area contributed by atoms with Crippen molar-refractivity contribution in [2.45, 2.75) is 25.8 Å². The van der Waals surface area contributed by atoms with Gasteiger partial charge in [-0.2, -0.15) is 0 Å². The van der Waals surface area contributed by atoms with Crippen molar-refractivity contribution in [3.05, 3.63) is 6.20 Å². The lowest BCUT2D eigenvalue weighted by Crippen LogP contribution is -2.30. The fourth-order valence-corrected chi connectivity index (χ4v) is 2.56. The summed E-state index contributed by atoms with van der Waals surface area (Å²) < 4.78 is 5.34. The molecular formula is C10H17N3OS. The lowest BCUT2D eigenvalue weighted by Gasteiger charge is -2.28. The number of nitrogens with zero attached hydrogens (tertiary/aromatic N) is 1. The van der Waals surface area contributed by atoms with E-state index in [1.54, 1.807) is 6.20 Å². The average Bonchev–Trinajstić information content (AvgIpc) is 2.65. The molecule has 0 spiro atoms. The van der Waals surface area contributed by atoms with Gasteiger partial charge in [0, 0.05) is 19.3 Å². The molecule has 1 aromatic rings. The topological polar surface area (TPSA) is 60.2 Å². The molecule has 0 aliphatic carbocycles. The van der Waals surface area contributed by atoms with Crippen molar-refractivity contribution < 1.29 is 4.74 Å². The van der Waals surface area contributed by atoms with Crippen molar-refractivity contribution in [1.82, 2.24) is 4.98 Å². The fraction of sp³-hybridized carbons (Fsp3) is 0.700. The predicted molar refractivity (Wildman–Crippen MR) is 63.2 cm³/mol. The minimum Gasteiger partial charge on any atom is -0.389 e. The van der Waals surface area contributed by atoms with Crippen LogP contribution in [-0.2, 0) is 4.74 Å². The lowest BCUT2D eigenvalue weighted by molar-refractivity contribution is 0.0622. The lowest BCUT2D eigenvalue weighted by atomic mass is 9.93. The van der Waals surface area contributed by atoms with E-state index in [0.717, 1.165) is 36.2 Å². The van der Waals surface area contributed by atoms with E-state index in [1.807, 2.05) is 0 Å². The van der Waals surface area contributed by atoms with Gasteiger partial charge in [0.2, 0.25) is 0 Å². The summed E-state index contributed by atoms with van der Waals surface area (Å²) in [5.74, 6) is 0.684. The number of hydrogen-bond donors (Lipinski definition) is 2. The smallest absolute Gasteiger partial charge is 0.184 e. The summed E-state index contributed by atoms with van der Waals surface area (Å²) in [6.07, 6.45) is 3.97. The van der Waals surface area contributed by atoms with E-state index in [1.165, 1.54) is 11.3 Å². The first-order valence-electron chi connectivity index (χ1n) is 5.31. The van der Waals surface area contributed by atoms with Crippen molar-refractivity contribution in [2.75, 3.05) is 24.3 Å². The Balaban J connectivity index is 1.88. The number of anilines is 2. The molecule has 84 valence electrons. The van der Waals surface area contributed by atoms with Gasteiger partial charge in [0.25, 0.3) is 0 Å². The zero-order valence-corrected chi connectivity index (χ0v) is 9.72. The van der Waals surface area contributed by atoms with Gasteiger partial charge in [0.15, 0.2) is 5.13 Å². The average molecular weight is 227 g/mol. The second kappa shape index (κ2) is 4.81. The minimum absolute atomic E-state index is 0.444. The van der Waals surface area contributed by atoms with Crippen LogP contribution < -0.4 is 11.1 Å². The van der Waals surface area contributed by atoms with Crippen molar-refractivity contribution in [3.63, 3.8) is 0 Å². The van der Waals surface area contributed by atoms with E-state index in [-0.39, 0.29) is 0 Å². The van der Waals surface area contributed by atoms with Crippen LogP contribution in [0, 0.1) is 5.92 Å².